The van der Waals surface area contributed by atoms with Crippen LogP contribution >= 0.6 is 0 Å². The number of hydrogen-bond donors (Lipinski definition) is 2. The van der Waals surface area contributed by atoms with Gasteiger partial charge in [-0.25, -0.2) is 14.8 Å². The molecule has 0 unspecified atom stereocenters. The van der Waals surface area contributed by atoms with E-state index < -0.39 is 0 Å². The smallest absolute Gasteiger partial charge is 0.415 e. The van der Waals surface area contributed by atoms with Gasteiger partial charge in [-0.2, -0.15) is 4.98 Å². The SMILES string of the molecule is Cc1cc(Nc2ncc3c(n2)N(c2cccc(N4C(=O)OC[C@@H]4C)n2)[C@H]2CC(C)(C)OC[C@@]32C)ccc1O[C@@H]1CCNC1. The number of hydrogen-bond acceptors (Lipinski definition) is 10. The number of pyridine rings is 1. The molecule has 0 radical (unpaired) electrons. The maximum Gasteiger partial charge on any atom is 0.415 e. The molecule has 4 atom stereocenters. The van der Waals surface area contributed by atoms with Gasteiger partial charge in [0.2, 0.25) is 5.95 Å². The highest BCUT2D eigenvalue weighted by atomic mass is 16.6. The number of benzene rings is 1. The summed E-state index contributed by atoms with van der Waals surface area (Å²) in [5.41, 5.74) is 2.29. The van der Waals surface area contributed by atoms with Crippen LogP contribution in [0.15, 0.2) is 42.6 Å². The largest absolute Gasteiger partial charge is 0.489 e. The van der Waals surface area contributed by atoms with E-state index in [1.807, 2.05) is 43.5 Å². The lowest BCUT2D eigenvalue weighted by atomic mass is 9.73. The molecule has 1 amide bonds. The zero-order chi connectivity index (χ0) is 29.9. The average molecular weight is 586 g/mol. The third-order valence-corrected chi connectivity index (χ3v) is 9.15. The van der Waals surface area contributed by atoms with Crippen molar-refractivity contribution < 1.29 is 19.0 Å². The second-order valence-corrected chi connectivity index (χ2v) is 13.0. The predicted molar refractivity (Wildman–Crippen MR) is 164 cm³/mol. The molecule has 11 nitrogen and oxygen atoms in total. The molecule has 4 aliphatic heterocycles. The number of cyclic esters (lactones) is 1. The first-order valence-electron chi connectivity index (χ1n) is 15.1. The van der Waals surface area contributed by atoms with Crippen molar-refractivity contribution in [1.29, 1.82) is 0 Å². The Bertz CT molecular complexity index is 1560. The average Bonchev–Trinajstić information content (AvgIpc) is 3.67. The molecular weight excluding hydrogens is 546 g/mol. The van der Waals surface area contributed by atoms with Gasteiger partial charge in [-0.15, -0.1) is 0 Å². The van der Waals surface area contributed by atoms with Gasteiger partial charge >= 0.3 is 6.09 Å². The molecule has 2 N–H and O–H groups in total. The summed E-state index contributed by atoms with van der Waals surface area (Å²) in [6, 6.07) is 11.8. The van der Waals surface area contributed by atoms with Crippen LogP contribution in [0.5, 0.6) is 5.75 Å². The van der Waals surface area contributed by atoms with Crippen LogP contribution < -0.4 is 25.2 Å². The normalized spacial score (nSPS) is 27.6. The maximum absolute atomic E-state index is 12.5. The van der Waals surface area contributed by atoms with Crippen molar-refractivity contribution >= 4 is 35.2 Å². The first kappa shape index (κ1) is 27.8. The van der Waals surface area contributed by atoms with Gasteiger partial charge in [0, 0.05) is 29.4 Å². The quantitative estimate of drug-likeness (QED) is 0.410. The molecule has 7 rings (SSSR count). The third kappa shape index (κ3) is 4.94. The number of ether oxygens (including phenoxy) is 3. The van der Waals surface area contributed by atoms with E-state index in [-0.39, 0.29) is 35.3 Å². The second-order valence-electron chi connectivity index (χ2n) is 13.0. The number of aryl methyl sites for hydroxylation is 1. The molecular formula is C32H39N7O4. The maximum atomic E-state index is 12.5. The van der Waals surface area contributed by atoms with Gasteiger partial charge in [0.1, 0.15) is 35.9 Å². The second kappa shape index (κ2) is 10.3. The van der Waals surface area contributed by atoms with Crippen molar-refractivity contribution in [3.8, 4) is 5.75 Å². The molecule has 4 aliphatic rings. The number of aromatic nitrogens is 3. The molecule has 226 valence electrons. The fourth-order valence-electron chi connectivity index (χ4n) is 6.67. The minimum Gasteiger partial charge on any atom is -0.489 e. The molecule has 0 aliphatic carbocycles. The van der Waals surface area contributed by atoms with Gasteiger partial charge in [-0.3, -0.25) is 4.90 Å². The monoisotopic (exact) mass is 585 g/mol. The van der Waals surface area contributed by atoms with E-state index in [9.17, 15) is 4.79 Å². The Morgan fingerprint density at radius 1 is 1.12 bits per heavy atom. The third-order valence-electron chi connectivity index (χ3n) is 9.15. The summed E-state index contributed by atoms with van der Waals surface area (Å²) in [7, 11) is 0. The van der Waals surface area contributed by atoms with Crippen LogP contribution in [0.3, 0.4) is 0 Å². The van der Waals surface area contributed by atoms with Crippen LogP contribution in [0.1, 0.15) is 51.7 Å². The highest BCUT2D eigenvalue weighted by Crippen LogP contribution is 2.53. The van der Waals surface area contributed by atoms with Crippen LogP contribution in [-0.4, -0.2) is 71.1 Å². The number of carbonyl (C=O) groups is 1. The molecule has 43 heavy (non-hydrogen) atoms. The van der Waals surface area contributed by atoms with Crippen LogP contribution in [0.4, 0.5) is 33.9 Å². The summed E-state index contributed by atoms with van der Waals surface area (Å²) in [4.78, 5) is 31.2. The zero-order valence-corrected chi connectivity index (χ0v) is 25.4. The Balaban J connectivity index is 1.23. The van der Waals surface area contributed by atoms with Gasteiger partial charge in [0.15, 0.2) is 0 Å². The Hall–Kier alpha value is -3.96. The summed E-state index contributed by atoms with van der Waals surface area (Å²) in [5, 5.41) is 6.75. The number of fused-ring (bicyclic) bond motifs is 3. The Kier molecular flexibility index (Phi) is 6.70. The summed E-state index contributed by atoms with van der Waals surface area (Å²) in [6.07, 6.45) is 3.53. The molecule has 3 aromatic rings. The molecule has 0 spiro atoms. The van der Waals surface area contributed by atoms with E-state index in [1.54, 1.807) is 4.90 Å². The van der Waals surface area contributed by atoms with Crippen molar-refractivity contribution in [2.75, 3.05) is 41.4 Å². The summed E-state index contributed by atoms with van der Waals surface area (Å²) in [6.45, 7) is 13.2. The number of nitrogens with zero attached hydrogens (tertiary/aromatic N) is 5. The lowest BCUT2D eigenvalue weighted by Gasteiger charge is -2.46. The van der Waals surface area contributed by atoms with Crippen LogP contribution in [0, 0.1) is 6.92 Å². The fraction of sp³-hybridized carbons (Fsp3) is 0.500. The number of anilines is 5. The molecule has 2 aromatic heterocycles. The molecule has 6 heterocycles. The standard InChI is InChI=1S/C32H39N7O4/c1-19-13-21(9-10-24(19)43-22-11-12-33-15-22)35-29-34-16-23-28(37-29)39(25-14-31(3,4)42-18-32(23,25)5)27-8-6-7-26(36-27)38-20(2)17-41-30(38)40/h6-10,13,16,20,22,25,33H,11-12,14-15,17-18H2,1-5H3,(H,34,35,37)/t20-,22+,25-,32-/m0/s1. The summed E-state index contributed by atoms with van der Waals surface area (Å²) < 4.78 is 17.8. The minimum atomic E-state index is -0.378. The predicted octanol–water partition coefficient (Wildman–Crippen LogP) is 4.99. The molecule has 11 heteroatoms. The van der Waals surface area contributed by atoms with Crippen molar-refractivity contribution in [2.24, 2.45) is 0 Å². The van der Waals surface area contributed by atoms with Crippen LogP contribution in [-0.2, 0) is 14.9 Å². The number of carbonyl (C=O) groups excluding carboxylic acids is 1. The van der Waals surface area contributed by atoms with Crippen LogP contribution in [0.2, 0.25) is 0 Å². The van der Waals surface area contributed by atoms with Crippen molar-refractivity contribution in [3.63, 3.8) is 0 Å². The van der Waals surface area contributed by atoms with Crippen molar-refractivity contribution in [3.05, 3.63) is 53.7 Å². The van der Waals surface area contributed by atoms with Gasteiger partial charge in [-0.05, 0) is 83.0 Å². The molecule has 0 saturated carbocycles. The topological polar surface area (TPSA) is 114 Å². The van der Waals surface area contributed by atoms with E-state index in [4.69, 9.17) is 29.2 Å². The van der Waals surface area contributed by atoms with Gasteiger partial charge in [0.05, 0.1) is 24.3 Å². The lowest BCUT2D eigenvalue weighted by Crippen LogP contribution is -2.54. The Morgan fingerprint density at radius 2 is 1.93 bits per heavy atom. The molecule has 3 fully saturated rings. The van der Waals surface area contributed by atoms with Crippen molar-refractivity contribution in [2.45, 2.75) is 76.7 Å². The fourth-order valence-corrected chi connectivity index (χ4v) is 6.67. The van der Waals surface area contributed by atoms with E-state index >= 15 is 0 Å². The minimum absolute atomic E-state index is 0.0326. The van der Waals surface area contributed by atoms with Gasteiger partial charge < -0.3 is 29.7 Å². The first-order valence-corrected chi connectivity index (χ1v) is 15.1. The molecule has 0 bridgehead atoms. The molecule has 3 saturated heterocycles. The van der Waals surface area contributed by atoms with E-state index in [1.165, 1.54) is 0 Å². The highest BCUT2D eigenvalue weighted by molar-refractivity contribution is 5.89. The van der Waals surface area contributed by atoms with E-state index in [0.29, 0.717) is 25.0 Å². The number of amides is 1. The van der Waals surface area contributed by atoms with Gasteiger partial charge in [-0.1, -0.05) is 13.0 Å². The van der Waals surface area contributed by atoms with Gasteiger partial charge in [0.25, 0.3) is 0 Å². The summed E-state index contributed by atoms with van der Waals surface area (Å²) >= 11 is 0. The lowest BCUT2D eigenvalue weighted by molar-refractivity contribution is -0.0893. The van der Waals surface area contributed by atoms with Crippen LogP contribution in [0.25, 0.3) is 0 Å². The number of rotatable bonds is 6. The summed E-state index contributed by atoms with van der Waals surface area (Å²) in [5.74, 6) is 3.46. The first-order chi connectivity index (χ1) is 20.6. The van der Waals surface area contributed by atoms with E-state index in [0.717, 1.165) is 60.1 Å². The Labute approximate surface area is 252 Å². The molecule has 1 aromatic carbocycles. The zero-order valence-electron chi connectivity index (χ0n) is 25.4. The van der Waals surface area contributed by atoms with E-state index in [2.05, 4.69) is 49.3 Å². The number of nitrogens with one attached hydrogen (secondary N) is 2. The van der Waals surface area contributed by atoms with Crippen molar-refractivity contribution in [1.82, 2.24) is 20.3 Å². The highest BCUT2D eigenvalue weighted by Gasteiger charge is 2.55. The Morgan fingerprint density at radius 3 is 2.65 bits per heavy atom.